The number of nitriles is 1. The standard InChI is InChI=1S/C22H22ClN5O3/c1-31-19-5-2-12(8-15(19)23)9-16-20-14(4-3-13(10-24)21(20)25)22(27-26-16)28-7-6-17(29)18(30)11-28/h2-5,8,17-18,29-30H,6-7,9,11,25H2,1H3. The van der Waals surface area contributed by atoms with Crippen molar-refractivity contribution < 1.29 is 14.9 Å². The summed E-state index contributed by atoms with van der Waals surface area (Å²) in [7, 11) is 1.55. The number of aromatic nitrogens is 2. The van der Waals surface area contributed by atoms with Crippen LogP contribution in [0.2, 0.25) is 5.02 Å². The number of nitrogens with two attached hydrogens (primary N) is 1. The lowest BCUT2D eigenvalue weighted by atomic mass is 9.99. The lowest BCUT2D eigenvalue weighted by Gasteiger charge is -2.34. The fraction of sp³-hybridized carbons (Fsp3) is 0.318. The minimum absolute atomic E-state index is 0.234. The van der Waals surface area contributed by atoms with E-state index >= 15 is 0 Å². The van der Waals surface area contributed by atoms with Crippen molar-refractivity contribution in [1.29, 1.82) is 5.26 Å². The number of hydrogen-bond donors (Lipinski definition) is 3. The number of nitrogens with zero attached hydrogens (tertiary/aromatic N) is 4. The fourth-order valence-electron chi connectivity index (χ4n) is 3.91. The summed E-state index contributed by atoms with van der Waals surface area (Å²) in [5, 5.41) is 40.2. The number of aliphatic hydroxyl groups excluding tert-OH is 2. The molecule has 0 amide bonds. The third-order valence-electron chi connectivity index (χ3n) is 5.59. The van der Waals surface area contributed by atoms with Crippen LogP contribution in [0.1, 0.15) is 23.2 Å². The van der Waals surface area contributed by atoms with Crippen LogP contribution in [-0.4, -0.2) is 52.8 Å². The van der Waals surface area contributed by atoms with Crippen molar-refractivity contribution in [2.75, 3.05) is 30.8 Å². The SMILES string of the molecule is COc1ccc(Cc2nnc(N3CCC(O)C(O)C3)c3ccc(C#N)c(N)c23)cc1Cl. The molecule has 2 heterocycles. The second-order valence-electron chi connectivity index (χ2n) is 7.55. The highest BCUT2D eigenvalue weighted by atomic mass is 35.5. The van der Waals surface area contributed by atoms with Gasteiger partial charge in [0, 0.05) is 30.3 Å². The number of β-amino-alcohol motifs (C(OH)–C–C–N with tert-alkyl or cyclic N) is 1. The summed E-state index contributed by atoms with van der Waals surface area (Å²) in [5.74, 6) is 1.14. The minimum atomic E-state index is -0.873. The Morgan fingerprint density at radius 1 is 1.26 bits per heavy atom. The zero-order valence-electron chi connectivity index (χ0n) is 16.9. The molecule has 0 bridgehead atoms. The van der Waals surface area contributed by atoms with Gasteiger partial charge < -0.3 is 25.6 Å². The van der Waals surface area contributed by atoms with Crippen LogP contribution in [-0.2, 0) is 6.42 Å². The normalized spacial score (nSPS) is 18.7. The largest absolute Gasteiger partial charge is 0.495 e. The van der Waals surface area contributed by atoms with Crippen molar-refractivity contribution >= 4 is 33.9 Å². The first-order valence-electron chi connectivity index (χ1n) is 9.84. The molecule has 160 valence electrons. The zero-order chi connectivity index (χ0) is 22.1. The van der Waals surface area contributed by atoms with Crippen LogP contribution >= 0.6 is 11.6 Å². The number of ether oxygens (including phenoxy) is 1. The molecule has 1 fully saturated rings. The number of aliphatic hydroxyl groups is 2. The van der Waals surface area contributed by atoms with Crippen LogP contribution in [0.25, 0.3) is 10.8 Å². The van der Waals surface area contributed by atoms with Gasteiger partial charge in [-0.15, -0.1) is 5.10 Å². The third-order valence-corrected chi connectivity index (χ3v) is 5.89. The molecule has 4 rings (SSSR count). The molecule has 0 saturated carbocycles. The first kappa shape index (κ1) is 21.1. The molecule has 2 aromatic carbocycles. The first-order valence-corrected chi connectivity index (χ1v) is 10.2. The molecule has 4 N–H and O–H groups in total. The number of nitrogen functional groups attached to an aromatic ring is 1. The third kappa shape index (κ3) is 3.95. The molecule has 2 atom stereocenters. The lowest BCUT2D eigenvalue weighted by Crippen LogP contribution is -2.47. The maximum atomic E-state index is 10.1. The van der Waals surface area contributed by atoms with Gasteiger partial charge in [0.25, 0.3) is 0 Å². The van der Waals surface area contributed by atoms with Crippen molar-refractivity contribution in [3.05, 3.63) is 52.2 Å². The number of piperidine rings is 1. The molecular formula is C22H22ClN5O3. The van der Waals surface area contributed by atoms with E-state index in [1.54, 1.807) is 31.4 Å². The molecule has 1 aromatic heterocycles. The van der Waals surface area contributed by atoms with Gasteiger partial charge >= 0.3 is 0 Å². The molecule has 1 aliphatic heterocycles. The van der Waals surface area contributed by atoms with E-state index in [1.807, 2.05) is 11.0 Å². The Morgan fingerprint density at radius 3 is 2.74 bits per heavy atom. The summed E-state index contributed by atoms with van der Waals surface area (Å²) in [6.07, 6.45) is -0.803. The molecule has 2 unspecified atom stereocenters. The summed E-state index contributed by atoms with van der Waals surface area (Å²) >= 11 is 6.27. The second kappa shape index (κ2) is 8.55. The van der Waals surface area contributed by atoms with E-state index in [0.29, 0.717) is 58.3 Å². The van der Waals surface area contributed by atoms with Gasteiger partial charge in [-0.1, -0.05) is 17.7 Å². The van der Waals surface area contributed by atoms with Gasteiger partial charge in [-0.2, -0.15) is 10.4 Å². The molecule has 3 aromatic rings. The number of benzene rings is 2. The second-order valence-corrected chi connectivity index (χ2v) is 7.95. The molecule has 1 saturated heterocycles. The average Bonchev–Trinajstić information content (AvgIpc) is 2.76. The van der Waals surface area contributed by atoms with E-state index in [1.165, 1.54) is 0 Å². The number of halogens is 1. The van der Waals surface area contributed by atoms with Crippen LogP contribution in [0.15, 0.2) is 30.3 Å². The molecule has 1 aliphatic rings. The molecule has 0 aliphatic carbocycles. The van der Waals surface area contributed by atoms with E-state index in [9.17, 15) is 15.5 Å². The Bertz CT molecular complexity index is 1180. The van der Waals surface area contributed by atoms with E-state index in [-0.39, 0.29) is 6.54 Å². The van der Waals surface area contributed by atoms with Gasteiger partial charge in [0.05, 0.1) is 41.3 Å². The molecule has 31 heavy (non-hydrogen) atoms. The van der Waals surface area contributed by atoms with E-state index in [4.69, 9.17) is 22.1 Å². The highest BCUT2D eigenvalue weighted by Crippen LogP contribution is 2.35. The Kier molecular flexibility index (Phi) is 5.83. The topological polar surface area (TPSA) is 129 Å². The summed E-state index contributed by atoms with van der Waals surface area (Å²) in [5.41, 5.74) is 8.57. The maximum absolute atomic E-state index is 10.1. The predicted octanol–water partition coefficient (Wildman–Crippen LogP) is 2.27. The van der Waals surface area contributed by atoms with Crippen LogP contribution < -0.4 is 15.4 Å². The maximum Gasteiger partial charge on any atom is 0.159 e. The Morgan fingerprint density at radius 2 is 2.06 bits per heavy atom. The van der Waals surface area contributed by atoms with Gasteiger partial charge in [-0.3, -0.25) is 0 Å². The van der Waals surface area contributed by atoms with Gasteiger partial charge in [0.15, 0.2) is 5.82 Å². The zero-order valence-corrected chi connectivity index (χ0v) is 17.7. The van der Waals surface area contributed by atoms with Gasteiger partial charge in [-0.25, -0.2) is 0 Å². The molecule has 9 heteroatoms. The molecule has 0 radical (unpaired) electrons. The summed E-state index contributed by atoms with van der Waals surface area (Å²) < 4.78 is 5.21. The highest BCUT2D eigenvalue weighted by molar-refractivity contribution is 6.32. The summed E-state index contributed by atoms with van der Waals surface area (Å²) in [6.45, 7) is 0.758. The van der Waals surface area contributed by atoms with Gasteiger partial charge in [-0.05, 0) is 36.2 Å². The van der Waals surface area contributed by atoms with E-state index < -0.39 is 12.2 Å². The van der Waals surface area contributed by atoms with Crippen LogP contribution in [0.3, 0.4) is 0 Å². The monoisotopic (exact) mass is 439 g/mol. The summed E-state index contributed by atoms with van der Waals surface area (Å²) in [4.78, 5) is 1.88. The predicted molar refractivity (Wildman–Crippen MR) is 118 cm³/mol. The van der Waals surface area contributed by atoms with Crippen LogP contribution in [0.5, 0.6) is 5.75 Å². The van der Waals surface area contributed by atoms with E-state index in [2.05, 4.69) is 16.3 Å². The van der Waals surface area contributed by atoms with Gasteiger partial charge in [0.2, 0.25) is 0 Å². The van der Waals surface area contributed by atoms with Crippen molar-refractivity contribution in [2.45, 2.75) is 25.0 Å². The van der Waals surface area contributed by atoms with Crippen molar-refractivity contribution in [3.63, 3.8) is 0 Å². The van der Waals surface area contributed by atoms with Crippen molar-refractivity contribution in [2.24, 2.45) is 0 Å². The number of methoxy groups -OCH3 is 1. The molecule has 8 nitrogen and oxygen atoms in total. The smallest absolute Gasteiger partial charge is 0.159 e. The number of fused-ring (bicyclic) bond motifs is 1. The Hall–Kier alpha value is -3.12. The highest BCUT2D eigenvalue weighted by Gasteiger charge is 2.28. The Labute approximate surface area is 184 Å². The van der Waals surface area contributed by atoms with Crippen LogP contribution in [0, 0.1) is 11.3 Å². The van der Waals surface area contributed by atoms with Crippen LogP contribution in [0.4, 0.5) is 11.5 Å². The summed E-state index contributed by atoms with van der Waals surface area (Å²) in [6, 6.07) is 11.0. The van der Waals surface area contributed by atoms with Gasteiger partial charge in [0.1, 0.15) is 11.8 Å². The first-order chi connectivity index (χ1) is 14.9. The lowest BCUT2D eigenvalue weighted by molar-refractivity contribution is 0.00789. The molecule has 0 spiro atoms. The average molecular weight is 440 g/mol. The number of anilines is 2. The number of rotatable bonds is 4. The van der Waals surface area contributed by atoms with Crippen molar-refractivity contribution in [3.8, 4) is 11.8 Å². The van der Waals surface area contributed by atoms with Crippen molar-refractivity contribution in [1.82, 2.24) is 10.2 Å². The fourth-order valence-corrected chi connectivity index (χ4v) is 4.19. The molecular weight excluding hydrogens is 418 g/mol. The number of hydrogen-bond acceptors (Lipinski definition) is 8. The minimum Gasteiger partial charge on any atom is -0.495 e. The quantitative estimate of drug-likeness (QED) is 0.528. The van der Waals surface area contributed by atoms with E-state index in [0.717, 1.165) is 10.9 Å². The Balaban J connectivity index is 1.81.